The topological polar surface area (TPSA) is 71.0 Å². The number of aryl methyl sites for hydroxylation is 2. The van der Waals surface area contributed by atoms with Gasteiger partial charge in [0.25, 0.3) is 11.5 Å². The molecule has 1 atom stereocenters. The van der Waals surface area contributed by atoms with Crippen molar-refractivity contribution in [3.8, 4) is 22.3 Å². The monoisotopic (exact) mass is 438 g/mol. The van der Waals surface area contributed by atoms with E-state index in [2.05, 4.69) is 35.1 Å². The molecule has 6 nitrogen and oxygen atoms in total. The SMILES string of the molecule is Cc1cc(-c2cnc3[nH]cc(-c4ccn(C)c(=O)c4)c3c2)cc2c1C(=O)N([C@@H](C)C1CC1)C2. The molecule has 6 rings (SSSR count). The van der Waals surface area contributed by atoms with Crippen LogP contribution >= 0.6 is 0 Å². The molecule has 0 spiro atoms. The van der Waals surface area contributed by atoms with E-state index in [1.807, 2.05) is 30.3 Å². The average molecular weight is 439 g/mol. The van der Waals surface area contributed by atoms with Crippen molar-refractivity contribution in [1.82, 2.24) is 19.4 Å². The van der Waals surface area contributed by atoms with Crippen molar-refractivity contribution in [2.45, 2.75) is 39.3 Å². The van der Waals surface area contributed by atoms with E-state index in [0.717, 1.165) is 50.0 Å². The average Bonchev–Trinajstić information content (AvgIpc) is 3.48. The second kappa shape index (κ2) is 7.17. The van der Waals surface area contributed by atoms with Gasteiger partial charge < -0.3 is 14.5 Å². The van der Waals surface area contributed by atoms with Gasteiger partial charge in [0.2, 0.25) is 0 Å². The summed E-state index contributed by atoms with van der Waals surface area (Å²) in [5.74, 6) is 0.817. The Kier molecular flexibility index (Phi) is 4.34. The van der Waals surface area contributed by atoms with Gasteiger partial charge in [-0.15, -0.1) is 0 Å². The van der Waals surface area contributed by atoms with Gasteiger partial charge in [-0.3, -0.25) is 9.59 Å². The van der Waals surface area contributed by atoms with Crippen LogP contribution in [0.4, 0.5) is 0 Å². The van der Waals surface area contributed by atoms with Crippen molar-refractivity contribution in [1.29, 1.82) is 0 Å². The third-order valence-electron chi connectivity index (χ3n) is 7.31. The highest BCUT2D eigenvalue weighted by Crippen LogP contribution is 2.40. The summed E-state index contributed by atoms with van der Waals surface area (Å²) in [6.45, 7) is 4.89. The Morgan fingerprint density at radius 3 is 2.67 bits per heavy atom. The van der Waals surface area contributed by atoms with Crippen LogP contribution in [0.1, 0.15) is 41.3 Å². The molecular weight excluding hydrogens is 412 g/mol. The number of aromatic nitrogens is 3. The third kappa shape index (κ3) is 3.20. The lowest BCUT2D eigenvalue weighted by Crippen LogP contribution is -2.34. The number of carbonyl (C=O) groups is 1. The number of benzene rings is 1. The third-order valence-corrected chi connectivity index (χ3v) is 7.31. The Hall–Kier alpha value is -3.67. The number of nitrogens with zero attached hydrogens (tertiary/aromatic N) is 3. The van der Waals surface area contributed by atoms with Crippen LogP contribution in [0, 0.1) is 12.8 Å². The van der Waals surface area contributed by atoms with E-state index in [0.29, 0.717) is 18.5 Å². The number of nitrogens with one attached hydrogen (secondary N) is 1. The van der Waals surface area contributed by atoms with E-state index < -0.39 is 0 Å². The summed E-state index contributed by atoms with van der Waals surface area (Å²) < 4.78 is 1.56. The molecule has 3 aromatic heterocycles. The molecule has 6 heteroatoms. The van der Waals surface area contributed by atoms with Gasteiger partial charge in [-0.05, 0) is 73.1 Å². The molecule has 4 heterocycles. The number of fused-ring (bicyclic) bond motifs is 2. The number of H-pyrrole nitrogens is 1. The van der Waals surface area contributed by atoms with Crippen LogP contribution in [0.2, 0.25) is 0 Å². The maximum absolute atomic E-state index is 13.1. The predicted octanol–water partition coefficient (Wildman–Crippen LogP) is 4.66. The van der Waals surface area contributed by atoms with Gasteiger partial charge in [0.15, 0.2) is 0 Å². The van der Waals surface area contributed by atoms with Crippen molar-refractivity contribution in [3.05, 3.63) is 76.0 Å². The number of carbonyl (C=O) groups excluding carboxylic acids is 1. The van der Waals surface area contributed by atoms with E-state index >= 15 is 0 Å². The fourth-order valence-corrected chi connectivity index (χ4v) is 5.13. The van der Waals surface area contributed by atoms with Crippen LogP contribution in [0.15, 0.2) is 53.7 Å². The minimum absolute atomic E-state index is 0.0464. The van der Waals surface area contributed by atoms with Gasteiger partial charge in [-0.2, -0.15) is 0 Å². The first kappa shape index (κ1) is 20.0. The van der Waals surface area contributed by atoms with Crippen molar-refractivity contribution in [3.63, 3.8) is 0 Å². The maximum atomic E-state index is 13.1. The highest BCUT2D eigenvalue weighted by molar-refractivity contribution is 6.01. The predicted molar refractivity (Wildman–Crippen MR) is 129 cm³/mol. The molecule has 1 N–H and O–H groups in total. The lowest BCUT2D eigenvalue weighted by atomic mass is 9.96. The minimum Gasteiger partial charge on any atom is -0.346 e. The highest BCUT2D eigenvalue weighted by Gasteiger charge is 2.39. The standard InChI is InChI=1S/C27H26N4O2/c1-15-8-19(9-21-14-31(27(33)25(15)21)16(2)17-4-5-17)20-10-22-23(13-29-26(22)28-12-20)18-6-7-30(3)24(32)11-18/h6-13,16-17H,4-5,14H2,1-3H3,(H,28,29)/t16-/m0/s1. The normalized spacial score (nSPS) is 16.5. The molecule has 4 aromatic rings. The van der Waals surface area contributed by atoms with Crippen LogP contribution in [0.25, 0.3) is 33.3 Å². The van der Waals surface area contributed by atoms with Crippen LogP contribution in [0.5, 0.6) is 0 Å². The van der Waals surface area contributed by atoms with Gasteiger partial charge >= 0.3 is 0 Å². The van der Waals surface area contributed by atoms with Crippen molar-refractivity contribution in [2.24, 2.45) is 13.0 Å². The fraction of sp³-hybridized carbons (Fsp3) is 0.296. The molecule has 1 saturated carbocycles. The number of rotatable bonds is 4. The largest absolute Gasteiger partial charge is 0.346 e. The van der Waals surface area contributed by atoms with Crippen LogP contribution in [0.3, 0.4) is 0 Å². The molecule has 33 heavy (non-hydrogen) atoms. The van der Waals surface area contributed by atoms with Crippen LogP contribution in [-0.2, 0) is 13.6 Å². The quantitative estimate of drug-likeness (QED) is 0.504. The Labute approximate surface area is 191 Å². The Balaban J connectivity index is 1.41. The molecule has 1 aliphatic carbocycles. The van der Waals surface area contributed by atoms with Crippen LogP contribution < -0.4 is 5.56 Å². The first-order chi connectivity index (χ1) is 15.9. The molecule has 0 saturated heterocycles. The van der Waals surface area contributed by atoms with Crippen molar-refractivity contribution >= 4 is 16.9 Å². The van der Waals surface area contributed by atoms with E-state index in [1.165, 1.54) is 12.8 Å². The summed E-state index contributed by atoms with van der Waals surface area (Å²) in [5, 5.41) is 0.971. The summed E-state index contributed by atoms with van der Waals surface area (Å²) in [4.78, 5) is 35.2. The van der Waals surface area contributed by atoms with Gasteiger partial charge in [0, 0.05) is 66.4 Å². The summed E-state index contributed by atoms with van der Waals surface area (Å²) in [7, 11) is 1.74. The van der Waals surface area contributed by atoms with E-state index in [1.54, 1.807) is 23.9 Å². The van der Waals surface area contributed by atoms with E-state index in [-0.39, 0.29) is 11.5 Å². The number of pyridine rings is 2. The van der Waals surface area contributed by atoms with E-state index in [9.17, 15) is 9.59 Å². The summed E-state index contributed by atoms with van der Waals surface area (Å²) in [6.07, 6.45) is 8.01. The van der Waals surface area contributed by atoms with Gasteiger partial charge in [0.1, 0.15) is 5.65 Å². The van der Waals surface area contributed by atoms with Gasteiger partial charge in [-0.25, -0.2) is 4.98 Å². The molecule has 1 fully saturated rings. The maximum Gasteiger partial charge on any atom is 0.255 e. The second-order valence-corrected chi connectivity index (χ2v) is 9.53. The minimum atomic E-state index is -0.0464. The molecular formula is C27H26N4O2. The zero-order valence-corrected chi connectivity index (χ0v) is 19.1. The lowest BCUT2D eigenvalue weighted by Gasteiger charge is -2.24. The Morgan fingerprint density at radius 2 is 1.91 bits per heavy atom. The zero-order valence-electron chi connectivity index (χ0n) is 19.1. The summed E-state index contributed by atoms with van der Waals surface area (Å²) >= 11 is 0. The Bertz CT molecular complexity index is 1490. The van der Waals surface area contributed by atoms with Crippen molar-refractivity contribution < 1.29 is 4.79 Å². The molecule has 2 aliphatic rings. The summed E-state index contributed by atoms with van der Waals surface area (Å²) in [5.41, 5.74) is 7.59. The smallest absolute Gasteiger partial charge is 0.255 e. The van der Waals surface area contributed by atoms with Gasteiger partial charge in [0.05, 0.1) is 0 Å². The fourth-order valence-electron chi connectivity index (χ4n) is 5.13. The molecule has 0 radical (unpaired) electrons. The van der Waals surface area contributed by atoms with Crippen LogP contribution in [-0.4, -0.2) is 31.4 Å². The summed E-state index contributed by atoms with van der Waals surface area (Å²) in [6, 6.07) is 10.2. The first-order valence-electron chi connectivity index (χ1n) is 11.5. The lowest BCUT2D eigenvalue weighted by molar-refractivity contribution is 0.0697. The highest BCUT2D eigenvalue weighted by atomic mass is 16.2. The molecule has 1 amide bonds. The second-order valence-electron chi connectivity index (χ2n) is 9.53. The first-order valence-corrected chi connectivity index (χ1v) is 11.5. The van der Waals surface area contributed by atoms with Gasteiger partial charge in [-0.1, -0.05) is 6.07 Å². The molecule has 0 unspecified atom stereocenters. The van der Waals surface area contributed by atoms with E-state index in [4.69, 9.17) is 0 Å². The molecule has 1 aromatic carbocycles. The Morgan fingerprint density at radius 1 is 1.09 bits per heavy atom. The number of hydrogen-bond donors (Lipinski definition) is 1. The molecule has 1 aliphatic heterocycles. The molecule has 0 bridgehead atoms. The number of hydrogen-bond acceptors (Lipinski definition) is 3. The zero-order chi connectivity index (χ0) is 22.9. The molecule has 166 valence electrons. The number of aromatic amines is 1. The number of amides is 1. The van der Waals surface area contributed by atoms with Crippen molar-refractivity contribution in [2.75, 3.05) is 0 Å².